The van der Waals surface area contributed by atoms with Gasteiger partial charge in [-0.1, -0.05) is 0 Å². The Balaban J connectivity index is 2.20. The predicted octanol–water partition coefficient (Wildman–Crippen LogP) is 2.78. The van der Waals surface area contributed by atoms with E-state index < -0.39 is 0 Å². The van der Waals surface area contributed by atoms with Crippen LogP contribution in [0.15, 0.2) is 18.2 Å². The molecule has 1 unspecified atom stereocenters. The first-order valence-corrected chi connectivity index (χ1v) is 6.51. The third-order valence-corrected chi connectivity index (χ3v) is 3.09. The Labute approximate surface area is 110 Å². The van der Waals surface area contributed by atoms with Gasteiger partial charge in [-0.05, 0) is 31.0 Å². The molecular formula is C13H15ClFNO2. The maximum absolute atomic E-state index is 13.3. The van der Waals surface area contributed by atoms with Crippen LogP contribution < -0.4 is 10.1 Å². The second kappa shape index (κ2) is 6.05. The van der Waals surface area contributed by atoms with Crippen LogP contribution in [-0.4, -0.2) is 18.4 Å². The third kappa shape index (κ3) is 3.13. The van der Waals surface area contributed by atoms with Gasteiger partial charge in [-0.3, -0.25) is 4.79 Å². The second-order valence-corrected chi connectivity index (χ2v) is 4.61. The van der Waals surface area contributed by atoms with Crippen LogP contribution in [-0.2, 0) is 4.79 Å². The molecule has 0 aromatic heterocycles. The number of carbonyl (C=O) groups is 1. The van der Waals surface area contributed by atoms with Crippen molar-refractivity contribution in [2.75, 3.05) is 12.5 Å². The smallest absolute Gasteiger partial charge is 0.221 e. The van der Waals surface area contributed by atoms with Gasteiger partial charge in [0.15, 0.2) is 0 Å². The van der Waals surface area contributed by atoms with Crippen molar-refractivity contribution in [3.05, 3.63) is 29.6 Å². The molecular weight excluding hydrogens is 257 g/mol. The molecule has 3 nitrogen and oxygen atoms in total. The summed E-state index contributed by atoms with van der Waals surface area (Å²) in [5, 5.41) is 2.87. The highest BCUT2D eigenvalue weighted by Crippen LogP contribution is 2.32. The number of benzene rings is 1. The summed E-state index contributed by atoms with van der Waals surface area (Å²) >= 11 is 5.53. The molecule has 0 radical (unpaired) electrons. The van der Waals surface area contributed by atoms with Crippen LogP contribution in [0.2, 0.25) is 0 Å². The summed E-state index contributed by atoms with van der Waals surface area (Å²) in [6, 6.07) is 4.19. The maximum atomic E-state index is 13.3. The number of carbonyl (C=O) groups excluding carboxylic acids is 1. The van der Waals surface area contributed by atoms with Gasteiger partial charge < -0.3 is 10.1 Å². The molecule has 2 rings (SSSR count). The van der Waals surface area contributed by atoms with Gasteiger partial charge >= 0.3 is 0 Å². The molecule has 18 heavy (non-hydrogen) atoms. The molecule has 0 saturated carbocycles. The van der Waals surface area contributed by atoms with Crippen molar-refractivity contribution in [2.24, 2.45) is 0 Å². The second-order valence-electron chi connectivity index (χ2n) is 4.23. The van der Waals surface area contributed by atoms with Gasteiger partial charge in [0, 0.05) is 17.9 Å². The van der Waals surface area contributed by atoms with Crippen molar-refractivity contribution in [1.82, 2.24) is 5.32 Å². The summed E-state index contributed by atoms with van der Waals surface area (Å²) in [5.74, 6) is 0.485. The largest absolute Gasteiger partial charge is 0.493 e. The molecule has 1 aliphatic heterocycles. The lowest BCUT2D eigenvalue weighted by atomic mass is 10.0. The Morgan fingerprint density at radius 1 is 1.56 bits per heavy atom. The van der Waals surface area contributed by atoms with E-state index >= 15 is 0 Å². The van der Waals surface area contributed by atoms with Crippen molar-refractivity contribution < 1.29 is 13.9 Å². The lowest BCUT2D eigenvalue weighted by Gasteiger charge is -2.18. The van der Waals surface area contributed by atoms with E-state index in [0.717, 1.165) is 12.8 Å². The van der Waals surface area contributed by atoms with E-state index in [9.17, 15) is 9.18 Å². The number of fused-ring (bicyclic) bond motifs is 1. The lowest BCUT2D eigenvalue weighted by Crippen LogP contribution is -2.28. The Hall–Kier alpha value is -1.29. The topological polar surface area (TPSA) is 38.3 Å². The Kier molecular flexibility index (Phi) is 4.42. The standard InChI is InChI=1S/C13H15ClFNO2/c14-6-5-13(17)16-11-2-1-7-18-12-4-3-9(15)8-10(11)12/h3-4,8,11H,1-2,5-7H2,(H,16,17). The maximum Gasteiger partial charge on any atom is 0.221 e. The predicted molar refractivity (Wildman–Crippen MR) is 67.3 cm³/mol. The SMILES string of the molecule is O=C(CCCl)NC1CCCOc2ccc(F)cc21. The molecule has 1 heterocycles. The zero-order valence-corrected chi connectivity index (χ0v) is 10.7. The normalized spacial score (nSPS) is 18.4. The highest BCUT2D eigenvalue weighted by atomic mass is 35.5. The zero-order chi connectivity index (χ0) is 13.0. The van der Waals surface area contributed by atoms with Crippen LogP contribution in [0.25, 0.3) is 0 Å². The van der Waals surface area contributed by atoms with Crippen LogP contribution in [0, 0.1) is 5.82 Å². The van der Waals surface area contributed by atoms with Crippen LogP contribution in [0.4, 0.5) is 4.39 Å². The number of amides is 1. The molecule has 1 aliphatic rings. The number of alkyl halides is 1. The van der Waals surface area contributed by atoms with E-state index in [1.807, 2.05) is 0 Å². The van der Waals surface area contributed by atoms with Crippen molar-refractivity contribution in [2.45, 2.75) is 25.3 Å². The fourth-order valence-corrected chi connectivity index (χ4v) is 2.22. The molecule has 5 heteroatoms. The molecule has 1 atom stereocenters. The molecule has 1 N–H and O–H groups in total. The summed E-state index contributed by atoms with van der Waals surface area (Å²) in [4.78, 5) is 11.6. The molecule has 1 amide bonds. The molecule has 98 valence electrons. The summed E-state index contributed by atoms with van der Waals surface area (Å²) in [7, 11) is 0. The number of halogens is 2. The molecule has 1 aromatic carbocycles. The van der Waals surface area contributed by atoms with Crippen molar-refractivity contribution >= 4 is 17.5 Å². The highest BCUT2D eigenvalue weighted by Gasteiger charge is 2.21. The molecule has 0 aliphatic carbocycles. The van der Waals surface area contributed by atoms with E-state index in [1.165, 1.54) is 12.1 Å². The van der Waals surface area contributed by atoms with Gasteiger partial charge in [0.2, 0.25) is 5.91 Å². The van der Waals surface area contributed by atoms with Gasteiger partial charge in [0.1, 0.15) is 11.6 Å². The van der Waals surface area contributed by atoms with Crippen molar-refractivity contribution in [3.8, 4) is 5.75 Å². The summed E-state index contributed by atoms with van der Waals surface area (Å²) in [5.41, 5.74) is 0.704. The Morgan fingerprint density at radius 3 is 3.17 bits per heavy atom. The van der Waals surface area contributed by atoms with Crippen LogP contribution in [0.5, 0.6) is 5.75 Å². The minimum absolute atomic E-state index is 0.118. The van der Waals surface area contributed by atoms with Crippen molar-refractivity contribution in [3.63, 3.8) is 0 Å². The third-order valence-electron chi connectivity index (χ3n) is 2.90. The van der Waals surface area contributed by atoms with E-state index in [-0.39, 0.29) is 30.1 Å². The number of hydrogen-bond acceptors (Lipinski definition) is 2. The molecule has 1 aromatic rings. The average molecular weight is 272 g/mol. The van der Waals surface area contributed by atoms with E-state index in [4.69, 9.17) is 16.3 Å². The first kappa shape index (κ1) is 13.1. The molecule has 0 fully saturated rings. The van der Waals surface area contributed by atoms with E-state index in [2.05, 4.69) is 5.32 Å². The monoisotopic (exact) mass is 271 g/mol. The number of ether oxygens (including phenoxy) is 1. The van der Waals surface area contributed by atoms with Crippen LogP contribution >= 0.6 is 11.6 Å². The van der Waals surface area contributed by atoms with Gasteiger partial charge in [-0.2, -0.15) is 0 Å². The van der Waals surface area contributed by atoms with Crippen LogP contribution in [0.1, 0.15) is 30.9 Å². The van der Waals surface area contributed by atoms with Gasteiger partial charge in [0.25, 0.3) is 0 Å². The lowest BCUT2D eigenvalue weighted by molar-refractivity contribution is -0.121. The summed E-state index contributed by atoms with van der Waals surface area (Å²) in [6.07, 6.45) is 1.83. The minimum atomic E-state index is -0.323. The molecule has 0 spiro atoms. The zero-order valence-electron chi connectivity index (χ0n) is 9.92. The highest BCUT2D eigenvalue weighted by molar-refractivity contribution is 6.18. The number of rotatable bonds is 3. The molecule has 0 saturated heterocycles. The fraction of sp³-hybridized carbons (Fsp3) is 0.462. The Bertz CT molecular complexity index is 439. The first-order chi connectivity index (χ1) is 8.70. The summed E-state index contributed by atoms with van der Waals surface area (Å²) in [6.45, 7) is 0.584. The molecule has 0 bridgehead atoms. The number of nitrogens with one attached hydrogen (secondary N) is 1. The van der Waals surface area contributed by atoms with Gasteiger partial charge in [-0.25, -0.2) is 4.39 Å². The van der Waals surface area contributed by atoms with E-state index in [1.54, 1.807) is 6.07 Å². The number of hydrogen-bond donors (Lipinski definition) is 1. The summed E-state index contributed by atoms with van der Waals surface area (Å²) < 4.78 is 18.8. The van der Waals surface area contributed by atoms with E-state index in [0.29, 0.717) is 17.9 Å². The van der Waals surface area contributed by atoms with Gasteiger partial charge in [0.05, 0.1) is 12.6 Å². The first-order valence-electron chi connectivity index (χ1n) is 5.98. The quantitative estimate of drug-likeness (QED) is 0.859. The fourth-order valence-electron chi connectivity index (χ4n) is 2.05. The van der Waals surface area contributed by atoms with Crippen LogP contribution in [0.3, 0.4) is 0 Å². The van der Waals surface area contributed by atoms with Crippen molar-refractivity contribution in [1.29, 1.82) is 0 Å². The van der Waals surface area contributed by atoms with Gasteiger partial charge in [-0.15, -0.1) is 11.6 Å². The Morgan fingerprint density at radius 2 is 2.39 bits per heavy atom. The average Bonchev–Trinajstić information content (AvgIpc) is 2.52. The minimum Gasteiger partial charge on any atom is -0.493 e.